The van der Waals surface area contributed by atoms with Crippen LogP contribution in [0.5, 0.6) is 5.75 Å². The summed E-state index contributed by atoms with van der Waals surface area (Å²) in [4.78, 5) is 40.7. The van der Waals surface area contributed by atoms with Crippen LogP contribution in [0.1, 0.15) is 39.1 Å². The Morgan fingerprint density at radius 3 is 2.15 bits per heavy atom. The monoisotopic (exact) mass is 363 g/mol. The van der Waals surface area contributed by atoms with Gasteiger partial charge in [-0.2, -0.15) is 0 Å². The predicted octanol–water partition coefficient (Wildman–Crippen LogP) is 3.26. The zero-order valence-electron chi connectivity index (χ0n) is 15.8. The van der Waals surface area contributed by atoms with Crippen molar-refractivity contribution in [3.63, 3.8) is 0 Å². The number of hydrogen-bond acceptors (Lipinski definition) is 5. The number of fused-ring (bicyclic) bond motifs is 1. The van der Waals surface area contributed by atoms with Crippen LogP contribution in [0.3, 0.4) is 0 Å². The Kier molecular flexibility index (Phi) is 4.95. The molecule has 0 heterocycles. The fourth-order valence-electron chi connectivity index (χ4n) is 3.52. The van der Waals surface area contributed by atoms with Crippen molar-refractivity contribution in [3.05, 3.63) is 76.5 Å². The lowest BCUT2D eigenvalue weighted by atomic mass is 9.77. The van der Waals surface area contributed by atoms with Gasteiger partial charge in [0, 0.05) is 30.8 Å². The molecule has 1 unspecified atom stereocenters. The number of allylic oxidation sites excluding steroid dienone is 2. The molecule has 1 atom stereocenters. The molecule has 5 nitrogen and oxygen atoms in total. The van der Waals surface area contributed by atoms with Gasteiger partial charge in [-0.05, 0) is 24.6 Å². The molecule has 0 fully saturated rings. The van der Waals surface area contributed by atoms with E-state index in [9.17, 15) is 14.4 Å². The van der Waals surface area contributed by atoms with Gasteiger partial charge in [0.2, 0.25) is 5.78 Å². The molecule has 138 valence electrons. The molecule has 5 heteroatoms. The van der Waals surface area contributed by atoms with Crippen LogP contribution < -0.4 is 4.74 Å². The lowest BCUT2D eigenvalue weighted by molar-refractivity contribution is -0.117. The minimum atomic E-state index is -0.845. The van der Waals surface area contributed by atoms with Gasteiger partial charge in [-0.1, -0.05) is 36.4 Å². The lowest BCUT2D eigenvalue weighted by Crippen LogP contribution is -2.33. The van der Waals surface area contributed by atoms with Crippen molar-refractivity contribution in [2.24, 2.45) is 0 Å². The Morgan fingerprint density at radius 2 is 1.59 bits per heavy atom. The molecule has 2 aromatic carbocycles. The van der Waals surface area contributed by atoms with Crippen LogP contribution >= 0.6 is 0 Å². The van der Waals surface area contributed by atoms with E-state index in [1.807, 2.05) is 0 Å². The first-order valence-corrected chi connectivity index (χ1v) is 8.61. The summed E-state index contributed by atoms with van der Waals surface area (Å²) in [5.41, 5.74) is 1.78. The number of carbonyl (C=O) groups is 3. The van der Waals surface area contributed by atoms with E-state index in [-0.39, 0.29) is 28.6 Å². The Hall–Kier alpha value is -3.21. The highest BCUT2D eigenvalue weighted by atomic mass is 16.5. The van der Waals surface area contributed by atoms with Gasteiger partial charge in [0.15, 0.2) is 5.78 Å². The molecule has 0 aliphatic heterocycles. The van der Waals surface area contributed by atoms with Crippen LogP contribution in [0.2, 0.25) is 0 Å². The number of nitrogens with zero attached hydrogens (tertiary/aromatic N) is 1. The van der Waals surface area contributed by atoms with Gasteiger partial charge in [-0.15, -0.1) is 0 Å². The summed E-state index contributed by atoms with van der Waals surface area (Å²) in [6.07, 6.45) is 0. The third-order valence-electron chi connectivity index (χ3n) is 4.70. The third kappa shape index (κ3) is 3.16. The SMILES string of the molecule is COc1cccc(C(C(C)=O)C2=C(N(C)C)C(=O)c3ccccc3C2=O)c1. The fraction of sp³-hybridized carbons (Fsp3) is 0.227. The standard InChI is InChI=1S/C22H21NO4/c1-13(24)18(14-8-7-9-15(12-14)27-4)19-20(23(2)3)22(26)17-11-6-5-10-16(17)21(19)25/h5-12,18H,1-4H3. The number of Topliss-reactive ketones (excluding diaryl/α,β-unsaturated/α-hetero) is 3. The molecular formula is C22H21NO4. The summed E-state index contributed by atoms with van der Waals surface area (Å²) >= 11 is 0. The van der Waals surface area contributed by atoms with Crippen molar-refractivity contribution in [2.45, 2.75) is 12.8 Å². The van der Waals surface area contributed by atoms with E-state index in [2.05, 4.69) is 0 Å². The Morgan fingerprint density at radius 1 is 0.963 bits per heavy atom. The van der Waals surface area contributed by atoms with Crippen LogP contribution in [0, 0.1) is 0 Å². The van der Waals surface area contributed by atoms with E-state index in [0.29, 0.717) is 22.4 Å². The molecule has 1 aliphatic rings. The van der Waals surface area contributed by atoms with Crippen molar-refractivity contribution in [3.8, 4) is 5.75 Å². The molecule has 1 aliphatic carbocycles. The van der Waals surface area contributed by atoms with Crippen molar-refractivity contribution in [2.75, 3.05) is 21.2 Å². The second-order valence-corrected chi connectivity index (χ2v) is 6.68. The largest absolute Gasteiger partial charge is 0.497 e. The summed E-state index contributed by atoms with van der Waals surface area (Å²) < 4.78 is 5.26. The third-order valence-corrected chi connectivity index (χ3v) is 4.70. The average Bonchev–Trinajstić information content (AvgIpc) is 2.65. The number of methoxy groups -OCH3 is 1. The quantitative estimate of drug-likeness (QED) is 0.816. The number of likely N-dealkylation sites (N-methyl/N-ethyl adjacent to an activating group) is 1. The maximum Gasteiger partial charge on any atom is 0.210 e. The Labute approximate surface area is 158 Å². The van der Waals surface area contributed by atoms with E-state index in [0.717, 1.165) is 0 Å². The van der Waals surface area contributed by atoms with Gasteiger partial charge in [-0.25, -0.2) is 0 Å². The van der Waals surface area contributed by atoms with Crippen LogP contribution in [-0.4, -0.2) is 43.5 Å². The maximum atomic E-state index is 13.3. The van der Waals surface area contributed by atoms with Gasteiger partial charge in [0.05, 0.1) is 18.7 Å². The Bertz CT molecular complexity index is 972. The molecule has 0 N–H and O–H groups in total. The highest BCUT2D eigenvalue weighted by molar-refractivity contribution is 6.28. The fourth-order valence-corrected chi connectivity index (χ4v) is 3.52. The molecule has 0 bridgehead atoms. The van der Waals surface area contributed by atoms with Gasteiger partial charge in [0.25, 0.3) is 0 Å². The molecule has 3 rings (SSSR count). The number of hydrogen-bond donors (Lipinski definition) is 0. The van der Waals surface area contributed by atoms with Crippen molar-refractivity contribution in [1.82, 2.24) is 4.90 Å². The normalized spacial score (nSPS) is 14.7. The van der Waals surface area contributed by atoms with E-state index in [1.165, 1.54) is 14.0 Å². The number of carbonyl (C=O) groups excluding carboxylic acids is 3. The van der Waals surface area contributed by atoms with Gasteiger partial charge in [0.1, 0.15) is 11.5 Å². The van der Waals surface area contributed by atoms with Crippen molar-refractivity contribution in [1.29, 1.82) is 0 Å². The first-order chi connectivity index (χ1) is 12.9. The predicted molar refractivity (Wildman–Crippen MR) is 102 cm³/mol. The Balaban J connectivity index is 2.28. The highest BCUT2D eigenvalue weighted by Crippen LogP contribution is 2.37. The molecule has 0 aromatic heterocycles. The summed E-state index contributed by atoms with van der Waals surface area (Å²) in [7, 11) is 4.95. The first kappa shape index (κ1) is 18.6. The van der Waals surface area contributed by atoms with Gasteiger partial charge >= 0.3 is 0 Å². The van der Waals surface area contributed by atoms with E-state index in [4.69, 9.17) is 4.74 Å². The molecule has 0 radical (unpaired) electrons. The van der Waals surface area contributed by atoms with E-state index >= 15 is 0 Å². The molecule has 27 heavy (non-hydrogen) atoms. The first-order valence-electron chi connectivity index (χ1n) is 8.61. The zero-order valence-corrected chi connectivity index (χ0v) is 15.8. The van der Waals surface area contributed by atoms with Crippen LogP contribution in [0.4, 0.5) is 0 Å². The highest BCUT2D eigenvalue weighted by Gasteiger charge is 2.39. The molecular weight excluding hydrogens is 342 g/mol. The van der Waals surface area contributed by atoms with Gasteiger partial charge in [-0.3, -0.25) is 14.4 Å². The smallest absolute Gasteiger partial charge is 0.210 e. The summed E-state index contributed by atoms with van der Waals surface area (Å²) in [5.74, 6) is -1.02. The van der Waals surface area contributed by atoms with E-state index < -0.39 is 5.92 Å². The van der Waals surface area contributed by atoms with Crippen LogP contribution in [0.15, 0.2) is 59.8 Å². The molecule has 0 saturated heterocycles. The molecule has 0 saturated carbocycles. The molecule has 2 aromatic rings. The number of rotatable bonds is 5. The summed E-state index contributed by atoms with van der Waals surface area (Å²) in [6, 6.07) is 13.8. The molecule has 0 spiro atoms. The minimum absolute atomic E-state index is 0.210. The summed E-state index contributed by atoms with van der Waals surface area (Å²) in [5, 5.41) is 0. The van der Waals surface area contributed by atoms with E-state index in [1.54, 1.807) is 67.5 Å². The molecule has 0 amide bonds. The zero-order chi connectivity index (χ0) is 19.7. The minimum Gasteiger partial charge on any atom is -0.497 e. The number of ether oxygens (including phenoxy) is 1. The van der Waals surface area contributed by atoms with Crippen molar-refractivity contribution >= 4 is 17.3 Å². The average molecular weight is 363 g/mol. The number of benzene rings is 2. The summed E-state index contributed by atoms with van der Waals surface area (Å²) in [6.45, 7) is 1.43. The van der Waals surface area contributed by atoms with Crippen LogP contribution in [0.25, 0.3) is 0 Å². The van der Waals surface area contributed by atoms with Crippen molar-refractivity contribution < 1.29 is 19.1 Å². The van der Waals surface area contributed by atoms with Crippen LogP contribution in [-0.2, 0) is 4.79 Å². The lowest BCUT2D eigenvalue weighted by Gasteiger charge is -2.29. The topological polar surface area (TPSA) is 63.7 Å². The van der Waals surface area contributed by atoms with Gasteiger partial charge < -0.3 is 9.64 Å². The second kappa shape index (κ2) is 7.19. The maximum absolute atomic E-state index is 13.3. The second-order valence-electron chi connectivity index (χ2n) is 6.68. The number of ketones is 3.